The molecule has 31 heavy (non-hydrogen) atoms. The Morgan fingerprint density at radius 3 is 2.52 bits per heavy atom. The Balaban J connectivity index is 1.55. The highest BCUT2D eigenvalue weighted by atomic mass is 35.5. The molecule has 0 radical (unpaired) electrons. The third-order valence-electron chi connectivity index (χ3n) is 5.83. The van der Waals surface area contributed by atoms with E-state index in [0.717, 1.165) is 29.7 Å². The van der Waals surface area contributed by atoms with Gasteiger partial charge in [-0.05, 0) is 48.2 Å². The Morgan fingerprint density at radius 1 is 0.935 bits per heavy atom. The van der Waals surface area contributed by atoms with Crippen LogP contribution in [0.25, 0.3) is 0 Å². The highest BCUT2D eigenvalue weighted by molar-refractivity contribution is 6.42. The fourth-order valence-corrected chi connectivity index (χ4v) is 4.96. The zero-order chi connectivity index (χ0) is 21.5. The number of benzene rings is 3. The highest BCUT2D eigenvalue weighted by Gasteiger charge is 2.44. The molecule has 156 valence electrons. The fraction of sp³-hybridized carbons (Fsp3) is 0.167. The molecule has 2 atom stereocenters. The first-order valence-electron chi connectivity index (χ1n) is 9.99. The molecule has 0 unspecified atom stereocenters. The van der Waals surface area contributed by atoms with Gasteiger partial charge < -0.3 is 5.32 Å². The van der Waals surface area contributed by atoms with E-state index >= 15 is 0 Å². The molecule has 4 nitrogen and oxygen atoms in total. The molecule has 1 aliphatic carbocycles. The van der Waals surface area contributed by atoms with Crippen LogP contribution >= 0.6 is 34.8 Å². The van der Waals surface area contributed by atoms with Gasteiger partial charge in [0, 0.05) is 22.2 Å². The normalized spacial score (nSPS) is 19.5. The SMILES string of the molecule is O=C(Nc1ccc(Cl)c(Cl)c1)N1N=C2c3ccccc3CC[C@@H]2[C@@H]1c1ccccc1Cl. The van der Waals surface area contributed by atoms with E-state index < -0.39 is 0 Å². The van der Waals surface area contributed by atoms with Gasteiger partial charge in [0.1, 0.15) is 0 Å². The van der Waals surface area contributed by atoms with E-state index in [0.29, 0.717) is 20.8 Å². The van der Waals surface area contributed by atoms with Crippen molar-refractivity contribution in [2.45, 2.75) is 18.9 Å². The van der Waals surface area contributed by atoms with Crippen LogP contribution in [0.2, 0.25) is 15.1 Å². The van der Waals surface area contributed by atoms with Gasteiger partial charge in [0.25, 0.3) is 0 Å². The second-order valence-corrected chi connectivity index (χ2v) is 8.88. The molecule has 2 amide bonds. The predicted molar refractivity (Wildman–Crippen MR) is 126 cm³/mol. The molecule has 0 saturated heterocycles. The van der Waals surface area contributed by atoms with E-state index in [4.69, 9.17) is 39.9 Å². The summed E-state index contributed by atoms with van der Waals surface area (Å²) in [7, 11) is 0. The number of aryl methyl sites for hydroxylation is 1. The molecule has 0 saturated carbocycles. The van der Waals surface area contributed by atoms with Crippen molar-refractivity contribution in [2.75, 3.05) is 5.32 Å². The van der Waals surface area contributed by atoms with Gasteiger partial charge in [0.15, 0.2) is 0 Å². The maximum Gasteiger partial charge on any atom is 0.342 e. The number of rotatable bonds is 2. The summed E-state index contributed by atoms with van der Waals surface area (Å²) < 4.78 is 0. The Hall–Kier alpha value is -2.53. The number of nitrogens with one attached hydrogen (secondary N) is 1. The molecule has 0 bridgehead atoms. The number of carbonyl (C=O) groups is 1. The number of nitrogens with zero attached hydrogens (tertiary/aromatic N) is 2. The zero-order valence-corrected chi connectivity index (χ0v) is 18.6. The summed E-state index contributed by atoms with van der Waals surface area (Å²) in [5.74, 6) is 0.0642. The van der Waals surface area contributed by atoms with Gasteiger partial charge in [-0.15, -0.1) is 0 Å². The summed E-state index contributed by atoms with van der Waals surface area (Å²) in [6.45, 7) is 0. The van der Waals surface area contributed by atoms with Crippen molar-refractivity contribution >= 4 is 52.2 Å². The van der Waals surface area contributed by atoms with Crippen molar-refractivity contribution in [3.05, 3.63) is 98.5 Å². The number of halogens is 3. The third kappa shape index (κ3) is 3.69. The van der Waals surface area contributed by atoms with E-state index in [2.05, 4.69) is 17.4 Å². The van der Waals surface area contributed by atoms with E-state index in [1.54, 1.807) is 18.2 Å². The maximum atomic E-state index is 13.3. The molecule has 1 N–H and O–H groups in total. The van der Waals surface area contributed by atoms with E-state index in [-0.39, 0.29) is 18.0 Å². The van der Waals surface area contributed by atoms with Crippen LogP contribution in [-0.4, -0.2) is 16.8 Å². The molecule has 1 aliphatic heterocycles. The van der Waals surface area contributed by atoms with Gasteiger partial charge in [0.2, 0.25) is 0 Å². The average Bonchev–Trinajstić information content (AvgIpc) is 3.17. The summed E-state index contributed by atoms with van der Waals surface area (Å²) in [6.07, 6.45) is 1.82. The van der Waals surface area contributed by atoms with Crippen molar-refractivity contribution in [1.29, 1.82) is 0 Å². The Morgan fingerprint density at radius 2 is 1.71 bits per heavy atom. The smallest absolute Gasteiger partial charge is 0.306 e. The molecule has 2 aliphatic rings. The minimum Gasteiger partial charge on any atom is -0.306 e. The first-order chi connectivity index (χ1) is 15.0. The highest BCUT2D eigenvalue weighted by Crippen LogP contribution is 2.45. The van der Waals surface area contributed by atoms with Crippen LogP contribution in [0, 0.1) is 5.92 Å². The molecule has 0 aromatic heterocycles. The van der Waals surface area contributed by atoms with Crippen LogP contribution in [0.5, 0.6) is 0 Å². The predicted octanol–water partition coefficient (Wildman–Crippen LogP) is 7.20. The molecule has 1 heterocycles. The number of urea groups is 1. The number of hydrogen-bond donors (Lipinski definition) is 1. The Labute approximate surface area is 195 Å². The zero-order valence-electron chi connectivity index (χ0n) is 16.4. The Kier molecular flexibility index (Phi) is 5.39. The van der Waals surface area contributed by atoms with Gasteiger partial charge in [-0.1, -0.05) is 77.3 Å². The number of hydrazone groups is 1. The van der Waals surface area contributed by atoms with Crippen LogP contribution < -0.4 is 5.32 Å². The summed E-state index contributed by atoms with van der Waals surface area (Å²) >= 11 is 18.7. The number of anilines is 1. The van der Waals surface area contributed by atoms with Gasteiger partial charge >= 0.3 is 6.03 Å². The molecule has 0 spiro atoms. The van der Waals surface area contributed by atoms with Crippen molar-refractivity contribution in [1.82, 2.24) is 5.01 Å². The number of fused-ring (bicyclic) bond motifs is 3. The topological polar surface area (TPSA) is 44.7 Å². The minimum absolute atomic E-state index is 0.0642. The number of hydrogen-bond acceptors (Lipinski definition) is 2. The van der Waals surface area contributed by atoms with Gasteiger partial charge in [-0.3, -0.25) is 0 Å². The van der Waals surface area contributed by atoms with E-state index in [1.165, 1.54) is 10.6 Å². The summed E-state index contributed by atoms with van der Waals surface area (Å²) in [6, 6.07) is 20.2. The summed E-state index contributed by atoms with van der Waals surface area (Å²) in [4.78, 5) is 13.3. The molecule has 3 aromatic rings. The lowest BCUT2D eigenvalue weighted by atomic mass is 9.77. The quantitative estimate of drug-likeness (QED) is 0.423. The molecule has 5 rings (SSSR count). The van der Waals surface area contributed by atoms with Crippen LogP contribution in [0.4, 0.5) is 10.5 Å². The fourth-order valence-electron chi connectivity index (χ4n) is 4.41. The van der Waals surface area contributed by atoms with Crippen molar-refractivity contribution in [3.8, 4) is 0 Å². The lowest BCUT2D eigenvalue weighted by Crippen LogP contribution is -2.35. The van der Waals surface area contributed by atoms with Crippen molar-refractivity contribution < 1.29 is 4.79 Å². The van der Waals surface area contributed by atoms with Gasteiger partial charge in [0.05, 0.1) is 21.8 Å². The van der Waals surface area contributed by atoms with Crippen LogP contribution in [0.15, 0.2) is 71.8 Å². The second kappa shape index (κ2) is 8.19. The van der Waals surface area contributed by atoms with E-state index in [9.17, 15) is 4.79 Å². The lowest BCUT2D eigenvalue weighted by Gasteiger charge is -2.30. The molecule has 7 heteroatoms. The molecule has 3 aromatic carbocycles. The largest absolute Gasteiger partial charge is 0.342 e. The summed E-state index contributed by atoms with van der Waals surface area (Å²) in [5, 5.41) is 10.6. The molecular formula is C24H18Cl3N3O. The second-order valence-electron chi connectivity index (χ2n) is 7.66. The van der Waals surface area contributed by atoms with Crippen molar-refractivity contribution in [2.24, 2.45) is 11.0 Å². The first-order valence-corrected chi connectivity index (χ1v) is 11.1. The van der Waals surface area contributed by atoms with Gasteiger partial charge in [-0.2, -0.15) is 5.10 Å². The maximum absolute atomic E-state index is 13.3. The number of carbonyl (C=O) groups excluding carboxylic acids is 1. The van der Waals surface area contributed by atoms with E-state index in [1.807, 2.05) is 36.4 Å². The summed E-state index contributed by atoms with van der Waals surface area (Å²) in [5.41, 5.74) is 4.71. The van der Waals surface area contributed by atoms with Crippen molar-refractivity contribution in [3.63, 3.8) is 0 Å². The monoisotopic (exact) mass is 469 g/mol. The van der Waals surface area contributed by atoms with Gasteiger partial charge in [-0.25, -0.2) is 9.80 Å². The van der Waals surface area contributed by atoms with Crippen LogP contribution in [0.1, 0.15) is 29.2 Å². The molecule has 0 fully saturated rings. The number of amides is 2. The molecular weight excluding hydrogens is 453 g/mol. The standard InChI is InChI=1S/C24H18Cl3N3O/c25-19-8-4-3-7-17(19)23-18-11-9-14-5-1-2-6-16(14)22(18)29-30(23)24(31)28-15-10-12-20(26)21(27)13-15/h1-8,10,12-13,18,23H,9,11H2,(H,28,31)/t18-,23-/m0/s1. The first kappa shape index (κ1) is 20.4. The average molecular weight is 471 g/mol. The van der Waals surface area contributed by atoms with Crippen LogP contribution in [0.3, 0.4) is 0 Å². The third-order valence-corrected chi connectivity index (χ3v) is 6.92. The lowest BCUT2D eigenvalue weighted by molar-refractivity contribution is 0.188. The minimum atomic E-state index is -0.345. The van der Waals surface area contributed by atoms with Crippen LogP contribution in [-0.2, 0) is 6.42 Å². The Bertz CT molecular complexity index is 1210.